The molecule has 0 saturated carbocycles. The molecule has 1 amide bonds. The molecule has 0 atom stereocenters. The van der Waals surface area contributed by atoms with Gasteiger partial charge in [0.2, 0.25) is 0 Å². The van der Waals surface area contributed by atoms with Crippen molar-refractivity contribution in [2.24, 2.45) is 0 Å². The van der Waals surface area contributed by atoms with Gasteiger partial charge in [0, 0.05) is 26.2 Å². The second kappa shape index (κ2) is 5.76. The predicted octanol–water partition coefficient (Wildman–Crippen LogP) is 1.25. The zero-order valence-electron chi connectivity index (χ0n) is 10.3. The molecule has 0 bridgehead atoms. The minimum absolute atomic E-state index is 0.302. The first kappa shape index (κ1) is 13.4. The smallest absolute Gasteiger partial charge is 0.259 e. The van der Waals surface area contributed by atoms with Crippen LogP contribution in [0.1, 0.15) is 10.4 Å². The molecule has 1 aromatic carbocycles. The van der Waals surface area contributed by atoms with Crippen molar-refractivity contribution in [3.8, 4) is 6.07 Å². The van der Waals surface area contributed by atoms with Crippen LogP contribution >= 0.6 is 0 Å². The zero-order valence-corrected chi connectivity index (χ0v) is 10.3. The fourth-order valence-electron chi connectivity index (χ4n) is 2.07. The Morgan fingerprint density at radius 2 is 1.79 bits per heavy atom. The zero-order chi connectivity index (χ0) is 13.8. The monoisotopic (exact) mass is 265 g/mol. The molecule has 0 aliphatic carbocycles. The normalized spacial score (nSPS) is 16.2. The van der Waals surface area contributed by atoms with Crippen molar-refractivity contribution in [1.29, 1.82) is 5.26 Å². The lowest BCUT2D eigenvalue weighted by Gasteiger charge is -2.33. The average Bonchev–Trinajstić information content (AvgIpc) is 2.39. The number of amides is 1. The van der Waals surface area contributed by atoms with Crippen LogP contribution in [0.25, 0.3) is 0 Å². The SMILES string of the molecule is N#CCN1CCN(C(=O)c2c(F)cccc2F)CC1. The summed E-state index contributed by atoms with van der Waals surface area (Å²) in [6.45, 7) is 2.11. The molecule has 0 spiro atoms. The summed E-state index contributed by atoms with van der Waals surface area (Å²) >= 11 is 0. The summed E-state index contributed by atoms with van der Waals surface area (Å²) in [5.41, 5.74) is -0.503. The Morgan fingerprint density at radius 3 is 2.32 bits per heavy atom. The molecule has 1 saturated heterocycles. The van der Waals surface area contributed by atoms with E-state index in [9.17, 15) is 13.6 Å². The van der Waals surface area contributed by atoms with Gasteiger partial charge in [0.05, 0.1) is 12.6 Å². The number of carbonyl (C=O) groups is 1. The minimum atomic E-state index is -0.843. The van der Waals surface area contributed by atoms with Gasteiger partial charge < -0.3 is 4.90 Å². The van der Waals surface area contributed by atoms with Crippen LogP contribution in [0, 0.1) is 23.0 Å². The van der Waals surface area contributed by atoms with Crippen molar-refractivity contribution in [3.63, 3.8) is 0 Å². The van der Waals surface area contributed by atoms with Crippen LogP contribution in [-0.2, 0) is 0 Å². The molecule has 19 heavy (non-hydrogen) atoms. The second-order valence-corrected chi connectivity index (χ2v) is 4.32. The van der Waals surface area contributed by atoms with Crippen LogP contribution in [0.3, 0.4) is 0 Å². The number of halogens is 2. The molecule has 4 nitrogen and oxygen atoms in total. The van der Waals surface area contributed by atoms with Crippen LogP contribution < -0.4 is 0 Å². The Bertz CT molecular complexity index is 499. The lowest BCUT2D eigenvalue weighted by atomic mass is 10.1. The number of nitrogens with zero attached hydrogens (tertiary/aromatic N) is 3. The number of piperazine rings is 1. The van der Waals surface area contributed by atoms with Crippen molar-refractivity contribution < 1.29 is 13.6 Å². The molecule has 0 N–H and O–H groups in total. The van der Waals surface area contributed by atoms with Gasteiger partial charge in [-0.15, -0.1) is 0 Å². The van der Waals surface area contributed by atoms with E-state index in [-0.39, 0.29) is 0 Å². The standard InChI is InChI=1S/C13H13F2N3O/c14-10-2-1-3-11(15)12(10)13(19)18-8-6-17(5-4-16)7-9-18/h1-3H,5-9H2. The molecule has 1 aromatic rings. The van der Waals surface area contributed by atoms with Gasteiger partial charge in [0.15, 0.2) is 0 Å². The first-order valence-corrected chi connectivity index (χ1v) is 5.96. The van der Waals surface area contributed by atoms with E-state index >= 15 is 0 Å². The van der Waals surface area contributed by atoms with Gasteiger partial charge in [-0.3, -0.25) is 9.69 Å². The molecule has 0 aromatic heterocycles. The van der Waals surface area contributed by atoms with Gasteiger partial charge in [-0.1, -0.05) is 6.07 Å². The lowest BCUT2D eigenvalue weighted by Crippen LogP contribution is -2.49. The molecule has 1 aliphatic heterocycles. The van der Waals surface area contributed by atoms with Crippen LogP contribution in [0.4, 0.5) is 8.78 Å². The number of rotatable bonds is 2. The maximum Gasteiger partial charge on any atom is 0.259 e. The number of nitriles is 1. The molecular formula is C13H13F2N3O. The molecule has 0 unspecified atom stereocenters. The highest BCUT2D eigenvalue weighted by molar-refractivity contribution is 5.94. The van der Waals surface area contributed by atoms with Gasteiger partial charge in [-0.05, 0) is 12.1 Å². The van der Waals surface area contributed by atoms with E-state index in [0.717, 1.165) is 12.1 Å². The summed E-state index contributed by atoms with van der Waals surface area (Å²) in [5, 5.41) is 8.57. The Hall–Kier alpha value is -2.00. The van der Waals surface area contributed by atoms with Crippen LogP contribution in [0.15, 0.2) is 18.2 Å². The topological polar surface area (TPSA) is 47.3 Å². The van der Waals surface area contributed by atoms with E-state index in [0.29, 0.717) is 32.7 Å². The predicted molar refractivity (Wildman–Crippen MR) is 64.3 cm³/mol. The second-order valence-electron chi connectivity index (χ2n) is 4.32. The van der Waals surface area contributed by atoms with Crippen LogP contribution in [0.2, 0.25) is 0 Å². The third-order valence-electron chi connectivity index (χ3n) is 3.13. The van der Waals surface area contributed by atoms with E-state index in [1.807, 2.05) is 11.0 Å². The third-order valence-corrected chi connectivity index (χ3v) is 3.13. The number of hydrogen-bond acceptors (Lipinski definition) is 3. The summed E-state index contributed by atoms with van der Waals surface area (Å²) in [7, 11) is 0. The highest BCUT2D eigenvalue weighted by Gasteiger charge is 2.26. The molecule has 2 rings (SSSR count). The Labute approximate surface area is 109 Å². The maximum absolute atomic E-state index is 13.5. The van der Waals surface area contributed by atoms with Gasteiger partial charge in [-0.2, -0.15) is 5.26 Å². The van der Waals surface area contributed by atoms with Gasteiger partial charge >= 0.3 is 0 Å². The average molecular weight is 265 g/mol. The van der Waals surface area contributed by atoms with Crippen molar-refractivity contribution in [3.05, 3.63) is 35.4 Å². The first-order valence-electron chi connectivity index (χ1n) is 5.96. The summed E-state index contributed by atoms with van der Waals surface area (Å²) in [6, 6.07) is 5.41. The summed E-state index contributed by atoms with van der Waals surface area (Å²) in [4.78, 5) is 15.4. The number of hydrogen-bond donors (Lipinski definition) is 0. The quantitative estimate of drug-likeness (QED) is 0.756. The maximum atomic E-state index is 13.5. The third kappa shape index (κ3) is 2.88. The highest BCUT2D eigenvalue weighted by atomic mass is 19.1. The minimum Gasteiger partial charge on any atom is -0.336 e. The molecular weight excluding hydrogens is 252 g/mol. The Morgan fingerprint density at radius 1 is 1.21 bits per heavy atom. The van der Waals surface area contributed by atoms with Gasteiger partial charge in [-0.25, -0.2) is 8.78 Å². The molecule has 100 valence electrons. The fourth-order valence-corrected chi connectivity index (χ4v) is 2.07. The summed E-state index contributed by atoms with van der Waals surface area (Å²) in [6.07, 6.45) is 0. The number of benzene rings is 1. The van der Waals surface area contributed by atoms with E-state index < -0.39 is 23.1 Å². The summed E-state index contributed by atoms with van der Waals surface area (Å²) in [5.74, 6) is -2.32. The fraction of sp³-hybridized carbons (Fsp3) is 0.385. The van der Waals surface area contributed by atoms with E-state index in [1.54, 1.807) is 0 Å². The lowest BCUT2D eigenvalue weighted by molar-refractivity contribution is 0.0642. The van der Waals surface area contributed by atoms with Crippen LogP contribution in [-0.4, -0.2) is 48.4 Å². The molecule has 0 radical (unpaired) electrons. The molecule has 1 fully saturated rings. The Balaban J connectivity index is 2.08. The van der Waals surface area contributed by atoms with Crippen molar-refractivity contribution in [2.45, 2.75) is 0 Å². The van der Waals surface area contributed by atoms with E-state index in [1.165, 1.54) is 11.0 Å². The Kier molecular flexibility index (Phi) is 4.07. The molecule has 6 heteroatoms. The van der Waals surface area contributed by atoms with Crippen molar-refractivity contribution in [1.82, 2.24) is 9.80 Å². The van der Waals surface area contributed by atoms with Crippen LogP contribution in [0.5, 0.6) is 0 Å². The van der Waals surface area contributed by atoms with Gasteiger partial charge in [0.25, 0.3) is 5.91 Å². The van der Waals surface area contributed by atoms with Crippen molar-refractivity contribution >= 4 is 5.91 Å². The van der Waals surface area contributed by atoms with Gasteiger partial charge in [0.1, 0.15) is 17.2 Å². The van der Waals surface area contributed by atoms with E-state index in [4.69, 9.17) is 5.26 Å². The summed E-state index contributed by atoms with van der Waals surface area (Å²) < 4.78 is 27.0. The highest BCUT2D eigenvalue weighted by Crippen LogP contribution is 2.16. The molecule has 1 aliphatic rings. The first-order chi connectivity index (χ1) is 9.13. The number of carbonyl (C=O) groups excluding carboxylic acids is 1. The molecule has 1 heterocycles. The van der Waals surface area contributed by atoms with E-state index in [2.05, 4.69) is 0 Å². The largest absolute Gasteiger partial charge is 0.336 e. The van der Waals surface area contributed by atoms with Crippen molar-refractivity contribution in [2.75, 3.05) is 32.7 Å².